The molecular formula is C17H16FN3O4. The minimum Gasteiger partial charge on any atom is -0.493 e. The summed E-state index contributed by atoms with van der Waals surface area (Å²) < 4.78 is 19.1. The van der Waals surface area contributed by atoms with Crippen LogP contribution in [0.1, 0.15) is 24.4 Å². The zero-order chi connectivity index (χ0) is 17.8. The number of fused-ring (bicyclic) bond motifs is 1. The summed E-state index contributed by atoms with van der Waals surface area (Å²) in [6.45, 7) is 0.489. The van der Waals surface area contributed by atoms with Crippen molar-refractivity contribution in [1.29, 1.82) is 0 Å². The summed E-state index contributed by atoms with van der Waals surface area (Å²) in [5, 5.41) is 16.1. The van der Waals surface area contributed by atoms with E-state index in [1.165, 1.54) is 30.3 Å². The van der Waals surface area contributed by atoms with Crippen molar-refractivity contribution in [2.45, 2.75) is 18.9 Å². The van der Waals surface area contributed by atoms with Gasteiger partial charge in [-0.15, -0.1) is 0 Å². The van der Waals surface area contributed by atoms with Crippen molar-refractivity contribution >= 4 is 17.4 Å². The summed E-state index contributed by atoms with van der Waals surface area (Å²) in [6.07, 6.45) is 1.30. The number of anilines is 1. The number of rotatable bonds is 3. The Labute approximate surface area is 143 Å². The second kappa shape index (κ2) is 7.16. The maximum absolute atomic E-state index is 13.6. The van der Waals surface area contributed by atoms with Crippen LogP contribution in [0.2, 0.25) is 0 Å². The Hall–Kier alpha value is -3.16. The van der Waals surface area contributed by atoms with Crippen LogP contribution in [0.4, 0.5) is 20.6 Å². The zero-order valence-electron chi connectivity index (χ0n) is 13.2. The third kappa shape index (κ3) is 4.03. The van der Waals surface area contributed by atoms with E-state index in [0.717, 1.165) is 0 Å². The molecule has 2 N–H and O–H groups in total. The number of hydrogen-bond donors (Lipinski definition) is 2. The molecular weight excluding hydrogens is 329 g/mol. The lowest BCUT2D eigenvalue weighted by molar-refractivity contribution is -0.384. The lowest BCUT2D eigenvalue weighted by Gasteiger charge is -2.19. The molecule has 2 amide bonds. The van der Waals surface area contributed by atoms with E-state index >= 15 is 0 Å². The predicted octanol–water partition coefficient (Wildman–Crippen LogP) is 3.77. The Morgan fingerprint density at radius 3 is 2.92 bits per heavy atom. The largest absolute Gasteiger partial charge is 0.493 e. The Kier molecular flexibility index (Phi) is 4.78. The molecule has 130 valence electrons. The van der Waals surface area contributed by atoms with Crippen molar-refractivity contribution in [3.8, 4) is 5.75 Å². The molecule has 7 nitrogen and oxygen atoms in total. The molecule has 0 bridgehead atoms. The number of nitro groups is 1. The highest BCUT2D eigenvalue weighted by Gasteiger charge is 2.22. The van der Waals surface area contributed by atoms with E-state index in [9.17, 15) is 19.3 Å². The van der Waals surface area contributed by atoms with E-state index in [0.29, 0.717) is 36.4 Å². The molecule has 1 unspecified atom stereocenters. The van der Waals surface area contributed by atoms with Gasteiger partial charge in [0.15, 0.2) is 0 Å². The van der Waals surface area contributed by atoms with Gasteiger partial charge in [0, 0.05) is 23.4 Å². The minimum atomic E-state index is -0.537. The van der Waals surface area contributed by atoms with Crippen LogP contribution >= 0.6 is 0 Å². The molecule has 25 heavy (non-hydrogen) atoms. The van der Waals surface area contributed by atoms with Gasteiger partial charge in [0.2, 0.25) is 0 Å². The lowest BCUT2D eigenvalue weighted by atomic mass is 10.0. The number of urea groups is 1. The summed E-state index contributed by atoms with van der Waals surface area (Å²) in [5.74, 6) is 0.134. The molecule has 0 saturated carbocycles. The fourth-order valence-corrected chi connectivity index (χ4v) is 2.72. The molecule has 2 aromatic rings. The molecule has 0 aromatic heterocycles. The third-order valence-electron chi connectivity index (χ3n) is 3.86. The highest BCUT2D eigenvalue weighted by Crippen LogP contribution is 2.32. The first-order chi connectivity index (χ1) is 12.0. The van der Waals surface area contributed by atoms with Gasteiger partial charge in [-0.2, -0.15) is 0 Å². The first-order valence-electron chi connectivity index (χ1n) is 7.77. The van der Waals surface area contributed by atoms with Gasteiger partial charge < -0.3 is 15.4 Å². The fourth-order valence-electron chi connectivity index (χ4n) is 2.72. The van der Waals surface area contributed by atoms with E-state index in [-0.39, 0.29) is 5.69 Å². The molecule has 1 aliphatic rings. The van der Waals surface area contributed by atoms with Crippen LogP contribution in [0.25, 0.3) is 0 Å². The average Bonchev–Trinajstić information content (AvgIpc) is 2.77. The number of non-ortho nitro benzene ring substituents is 1. The first-order valence-corrected chi connectivity index (χ1v) is 7.77. The van der Waals surface area contributed by atoms with Crippen molar-refractivity contribution in [3.05, 3.63) is 64.0 Å². The monoisotopic (exact) mass is 345 g/mol. The van der Waals surface area contributed by atoms with E-state index in [2.05, 4.69) is 10.6 Å². The molecule has 2 aromatic carbocycles. The molecule has 0 saturated heterocycles. The van der Waals surface area contributed by atoms with Crippen LogP contribution in [0.3, 0.4) is 0 Å². The molecule has 0 fully saturated rings. The van der Waals surface area contributed by atoms with Crippen LogP contribution in [-0.2, 0) is 0 Å². The molecule has 3 rings (SSSR count). The topological polar surface area (TPSA) is 93.5 Å². The van der Waals surface area contributed by atoms with Crippen molar-refractivity contribution in [1.82, 2.24) is 5.32 Å². The highest BCUT2D eigenvalue weighted by atomic mass is 19.1. The molecule has 0 aliphatic carbocycles. The first kappa shape index (κ1) is 16.7. The van der Waals surface area contributed by atoms with Crippen LogP contribution in [0, 0.1) is 15.9 Å². The van der Waals surface area contributed by atoms with Crippen LogP contribution in [-0.4, -0.2) is 17.6 Å². The fraction of sp³-hybridized carbons (Fsp3) is 0.235. The van der Waals surface area contributed by atoms with Crippen LogP contribution in [0.15, 0.2) is 42.5 Å². The summed E-state index contributed by atoms with van der Waals surface area (Å²) in [6, 6.07) is 8.91. The molecule has 0 radical (unpaired) electrons. The number of benzene rings is 2. The van der Waals surface area contributed by atoms with E-state index in [1.54, 1.807) is 12.1 Å². The number of nitro benzene ring substituents is 1. The Morgan fingerprint density at radius 2 is 2.12 bits per heavy atom. The molecule has 8 heteroatoms. The molecule has 0 spiro atoms. The number of carbonyl (C=O) groups excluding carboxylic acids is 1. The molecule has 1 heterocycles. The maximum Gasteiger partial charge on any atom is 0.319 e. The number of amides is 2. The number of ether oxygens (including phenoxy) is 1. The summed E-state index contributed by atoms with van der Waals surface area (Å²) in [4.78, 5) is 22.5. The maximum atomic E-state index is 13.6. The van der Waals surface area contributed by atoms with E-state index < -0.39 is 22.8 Å². The van der Waals surface area contributed by atoms with E-state index in [1.807, 2.05) is 0 Å². The Morgan fingerprint density at radius 1 is 1.28 bits per heavy atom. The SMILES string of the molecule is O=C(Nc1cccc([N+](=O)[O-])c1)NC1CCCOc2ccc(F)cc21. The number of halogens is 1. The second-order valence-electron chi connectivity index (χ2n) is 5.63. The minimum absolute atomic E-state index is 0.118. The number of hydrogen-bond acceptors (Lipinski definition) is 4. The van der Waals surface area contributed by atoms with Gasteiger partial charge in [-0.05, 0) is 37.1 Å². The smallest absolute Gasteiger partial charge is 0.319 e. The third-order valence-corrected chi connectivity index (χ3v) is 3.86. The summed E-state index contributed by atoms with van der Waals surface area (Å²) in [7, 11) is 0. The standard InChI is InChI=1S/C17H16FN3O4/c18-11-6-7-16-14(9-11)15(5-2-8-25-16)20-17(22)19-12-3-1-4-13(10-12)21(23)24/h1,3-4,6-7,9-10,15H,2,5,8H2,(H2,19,20,22). The van der Waals surface area contributed by atoms with Crippen molar-refractivity contribution in [2.24, 2.45) is 0 Å². The van der Waals surface area contributed by atoms with Crippen LogP contribution in [0.5, 0.6) is 5.75 Å². The van der Waals surface area contributed by atoms with Crippen molar-refractivity contribution in [2.75, 3.05) is 11.9 Å². The van der Waals surface area contributed by atoms with Gasteiger partial charge in [-0.3, -0.25) is 10.1 Å². The average molecular weight is 345 g/mol. The zero-order valence-corrected chi connectivity index (χ0v) is 13.2. The van der Waals surface area contributed by atoms with Gasteiger partial charge in [-0.1, -0.05) is 6.07 Å². The lowest BCUT2D eigenvalue weighted by Crippen LogP contribution is -2.32. The normalized spacial score (nSPS) is 16.1. The second-order valence-corrected chi connectivity index (χ2v) is 5.63. The van der Waals surface area contributed by atoms with Crippen LogP contribution < -0.4 is 15.4 Å². The quantitative estimate of drug-likeness (QED) is 0.654. The van der Waals surface area contributed by atoms with Gasteiger partial charge in [0.25, 0.3) is 5.69 Å². The number of carbonyl (C=O) groups is 1. The van der Waals surface area contributed by atoms with Gasteiger partial charge in [0.05, 0.1) is 17.6 Å². The Balaban J connectivity index is 1.74. The van der Waals surface area contributed by atoms with Gasteiger partial charge >= 0.3 is 6.03 Å². The summed E-state index contributed by atoms with van der Waals surface area (Å²) >= 11 is 0. The van der Waals surface area contributed by atoms with Gasteiger partial charge in [0.1, 0.15) is 11.6 Å². The number of nitrogens with one attached hydrogen (secondary N) is 2. The number of nitrogens with zero attached hydrogens (tertiary/aromatic N) is 1. The highest BCUT2D eigenvalue weighted by molar-refractivity contribution is 5.89. The Bertz CT molecular complexity index is 812. The molecule has 1 atom stereocenters. The van der Waals surface area contributed by atoms with E-state index in [4.69, 9.17) is 4.74 Å². The van der Waals surface area contributed by atoms with Crippen molar-refractivity contribution in [3.63, 3.8) is 0 Å². The van der Waals surface area contributed by atoms with Gasteiger partial charge in [-0.25, -0.2) is 9.18 Å². The summed E-state index contributed by atoms with van der Waals surface area (Å²) in [5.41, 5.74) is 0.760. The van der Waals surface area contributed by atoms with Crippen molar-refractivity contribution < 1.29 is 18.8 Å². The predicted molar refractivity (Wildman–Crippen MR) is 89.1 cm³/mol. The molecule has 1 aliphatic heterocycles.